The van der Waals surface area contributed by atoms with Gasteiger partial charge in [-0.1, -0.05) is 38.2 Å². The van der Waals surface area contributed by atoms with E-state index in [1.165, 1.54) is 11.1 Å². The molecule has 0 fully saturated rings. The van der Waals surface area contributed by atoms with Crippen molar-refractivity contribution in [1.29, 1.82) is 0 Å². The lowest BCUT2D eigenvalue weighted by atomic mass is 10.0. The van der Waals surface area contributed by atoms with E-state index in [1.54, 1.807) is 0 Å². The largest absolute Gasteiger partial charge is 0.358 e. The monoisotopic (exact) mass is 473 g/mol. The van der Waals surface area contributed by atoms with Gasteiger partial charge in [-0.05, 0) is 54.7 Å². The van der Waals surface area contributed by atoms with Crippen molar-refractivity contribution in [1.82, 2.24) is 30.1 Å². The Morgan fingerprint density at radius 1 is 1.11 bits per heavy atom. The predicted octanol–water partition coefficient (Wildman–Crippen LogP) is 7.02. The third-order valence-corrected chi connectivity index (χ3v) is 6.50. The molecule has 0 saturated carbocycles. The lowest BCUT2D eigenvalue weighted by molar-refractivity contribution is 0.791. The molecule has 7 nitrogen and oxygen atoms in total. The smallest absolute Gasteiger partial charge is 0.138 e. The lowest BCUT2D eigenvalue weighted by Crippen LogP contribution is -1.99. The van der Waals surface area contributed by atoms with Crippen LogP contribution in [0.1, 0.15) is 38.2 Å². The molecular weight excluding hydrogens is 446 g/mol. The van der Waals surface area contributed by atoms with Crippen LogP contribution in [0, 0.1) is 0 Å². The van der Waals surface area contributed by atoms with Crippen LogP contribution in [0.25, 0.3) is 50.2 Å². The number of fused-ring (bicyclic) bond motifs is 2. The van der Waals surface area contributed by atoms with Gasteiger partial charge in [0.25, 0.3) is 0 Å². The van der Waals surface area contributed by atoms with Crippen molar-refractivity contribution in [2.75, 3.05) is 5.32 Å². The van der Waals surface area contributed by atoms with Gasteiger partial charge in [0.05, 0.1) is 35.0 Å². The molecule has 0 spiro atoms. The first kappa shape index (κ1) is 22.0. The van der Waals surface area contributed by atoms with Gasteiger partial charge in [0.1, 0.15) is 11.3 Å². The molecule has 5 aromatic rings. The van der Waals surface area contributed by atoms with Gasteiger partial charge in [0.2, 0.25) is 0 Å². The van der Waals surface area contributed by atoms with Gasteiger partial charge in [-0.15, -0.1) is 0 Å². The second-order valence-corrected chi connectivity index (χ2v) is 9.08. The molecular formula is C29H27N7. The number of hydrogen-bond donors (Lipinski definition) is 3. The van der Waals surface area contributed by atoms with E-state index in [4.69, 9.17) is 0 Å². The van der Waals surface area contributed by atoms with Gasteiger partial charge >= 0.3 is 0 Å². The lowest BCUT2D eigenvalue weighted by Gasteiger charge is -2.10. The summed E-state index contributed by atoms with van der Waals surface area (Å²) in [6.07, 6.45) is 18.0. The highest BCUT2D eigenvalue weighted by atomic mass is 15.1. The molecule has 0 aromatic carbocycles. The maximum atomic E-state index is 4.66. The number of aromatic nitrogens is 6. The Morgan fingerprint density at radius 3 is 2.92 bits per heavy atom. The van der Waals surface area contributed by atoms with E-state index < -0.39 is 0 Å². The summed E-state index contributed by atoms with van der Waals surface area (Å²) in [5.41, 5.74) is 9.53. The number of aromatic amines is 2. The molecule has 6 rings (SSSR count). The molecule has 7 heteroatoms. The summed E-state index contributed by atoms with van der Waals surface area (Å²) in [4.78, 5) is 17.1. The molecule has 0 atom stereocenters. The Balaban J connectivity index is 1.36. The van der Waals surface area contributed by atoms with E-state index in [1.807, 2.05) is 24.8 Å². The Bertz CT molecular complexity index is 1650. The summed E-state index contributed by atoms with van der Waals surface area (Å²) in [5, 5.41) is 13.2. The van der Waals surface area contributed by atoms with Gasteiger partial charge < -0.3 is 10.3 Å². The van der Waals surface area contributed by atoms with Crippen LogP contribution in [0.3, 0.4) is 0 Å². The molecule has 0 amide bonds. The molecule has 5 heterocycles. The minimum atomic E-state index is 0.830. The first-order valence-electron chi connectivity index (χ1n) is 12.3. The highest BCUT2D eigenvalue weighted by molar-refractivity contribution is 6.00. The van der Waals surface area contributed by atoms with Crippen molar-refractivity contribution in [3.63, 3.8) is 0 Å². The number of allylic oxidation sites excluding steroid dienone is 5. The van der Waals surface area contributed by atoms with Crippen LogP contribution in [0.4, 0.5) is 5.69 Å². The summed E-state index contributed by atoms with van der Waals surface area (Å²) in [5.74, 6) is 0. The van der Waals surface area contributed by atoms with Crippen molar-refractivity contribution in [2.24, 2.45) is 0 Å². The van der Waals surface area contributed by atoms with Crippen LogP contribution < -0.4 is 5.32 Å². The quantitative estimate of drug-likeness (QED) is 0.225. The van der Waals surface area contributed by atoms with Crippen molar-refractivity contribution in [3.8, 4) is 22.6 Å². The zero-order chi connectivity index (χ0) is 24.5. The second-order valence-electron chi connectivity index (χ2n) is 9.08. The number of hydrogen-bond acceptors (Lipinski definition) is 5. The summed E-state index contributed by atoms with van der Waals surface area (Å²) in [7, 11) is 0. The number of unbranched alkanes of at least 4 members (excludes halogenated alkanes) is 1. The first-order valence-corrected chi connectivity index (χ1v) is 12.3. The summed E-state index contributed by atoms with van der Waals surface area (Å²) >= 11 is 0. The Kier molecular flexibility index (Phi) is 5.65. The Morgan fingerprint density at radius 2 is 2.06 bits per heavy atom. The summed E-state index contributed by atoms with van der Waals surface area (Å²) in [6.45, 7) is 6.31. The maximum absolute atomic E-state index is 4.66. The zero-order valence-electron chi connectivity index (χ0n) is 20.2. The van der Waals surface area contributed by atoms with Crippen LogP contribution in [0.2, 0.25) is 0 Å². The van der Waals surface area contributed by atoms with Crippen molar-refractivity contribution < 1.29 is 0 Å². The van der Waals surface area contributed by atoms with E-state index >= 15 is 0 Å². The fourth-order valence-electron chi connectivity index (χ4n) is 4.65. The van der Waals surface area contributed by atoms with Gasteiger partial charge in [-0.2, -0.15) is 5.10 Å². The van der Waals surface area contributed by atoms with E-state index in [2.05, 4.69) is 91.4 Å². The third-order valence-electron chi connectivity index (χ3n) is 6.50. The molecule has 0 aliphatic heterocycles. The number of H-pyrrole nitrogens is 2. The van der Waals surface area contributed by atoms with Crippen LogP contribution in [-0.4, -0.2) is 30.1 Å². The van der Waals surface area contributed by atoms with E-state index in [-0.39, 0.29) is 0 Å². The molecule has 1 aliphatic carbocycles. The van der Waals surface area contributed by atoms with Gasteiger partial charge in [-0.25, -0.2) is 4.98 Å². The molecule has 3 N–H and O–H groups in total. The van der Waals surface area contributed by atoms with Gasteiger partial charge in [0.15, 0.2) is 0 Å². The average molecular weight is 474 g/mol. The highest BCUT2D eigenvalue weighted by Crippen LogP contribution is 2.34. The van der Waals surface area contributed by atoms with E-state index in [0.717, 1.165) is 81.6 Å². The molecule has 0 bridgehead atoms. The Hall–Kier alpha value is -4.52. The number of rotatable bonds is 8. The number of nitrogens with one attached hydrogen (secondary N) is 3. The standard InChI is InChI=1S/C29H27N7/c1-3-4-7-18(2)33-21-12-20(15-30-16-21)25-14-24-27(17-32-25)35-36-28(24)26-13-23-22(19-8-5-6-9-19)10-11-31-29(23)34-26/h5,8-17,33H,2-4,6-7H2,1H3,(H,31,34)(H,35,36). The molecule has 0 saturated heterocycles. The van der Waals surface area contributed by atoms with Crippen molar-refractivity contribution >= 4 is 33.2 Å². The minimum absolute atomic E-state index is 0.830. The second kappa shape index (κ2) is 9.26. The fourth-order valence-corrected chi connectivity index (χ4v) is 4.65. The van der Waals surface area contributed by atoms with E-state index in [9.17, 15) is 0 Å². The van der Waals surface area contributed by atoms with Crippen molar-refractivity contribution in [3.05, 3.63) is 85.1 Å². The third kappa shape index (κ3) is 4.09. The first-order chi connectivity index (χ1) is 17.7. The molecule has 0 unspecified atom stereocenters. The number of pyridine rings is 3. The van der Waals surface area contributed by atoms with Crippen LogP contribution in [-0.2, 0) is 0 Å². The van der Waals surface area contributed by atoms with Crippen molar-refractivity contribution in [2.45, 2.75) is 32.6 Å². The maximum Gasteiger partial charge on any atom is 0.138 e. The van der Waals surface area contributed by atoms with Crippen LogP contribution in [0.5, 0.6) is 0 Å². The summed E-state index contributed by atoms with van der Waals surface area (Å²) < 4.78 is 0. The normalized spacial score (nSPS) is 13.0. The average Bonchev–Trinajstić information content (AvgIpc) is 3.66. The fraction of sp³-hybridized carbons (Fsp3) is 0.172. The number of anilines is 1. The zero-order valence-corrected chi connectivity index (χ0v) is 20.2. The molecule has 178 valence electrons. The highest BCUT2D eigenvalue weighted by Gasteiger charge is 2.16. The van der Waals surface area contributed by atoms with Gasteiger partial charge in [-0.3, -0.25) is 15.1 Å². The molecule has 0 radical (unpaired) electrons. The van der Waals surface area contributed by atoms with E-state index in [0.29, 0.717) is 0 Å². The predicted molar refractivity (Wildman–Crippen MR) is 146 cm³/mol. The minimum Gasteiger partial charge on any atom is -0.358 e. The SMILES string of the molecule is C=C(CCCC)Nc1cncc(-c2cc3c(-c4cc5c(C6=CCC=C6)ccnc5[nH]4)n[nH]c3cn2)c1. The Labute approximate surface area is 209 Å². The number of nitrogens with zero attached hydrogens (tertiary/aromatic N) is 4. The van der Waals surface area contributed by atoms with Crippen LogP contribution in [0.15, 0.2) is 79.6 Å². The van der Waals surface area contributed by atoms with Gasteiger partial charge in [0, 0.05) is 34.4 Å². The van der Waals surface area contributed by atoms with Crippen LogP contribution >= 0.6 is 0 Å². The molecule has 1 aliphatic rings. The molecule has 36 heavy (non-hydrogen) atoms. The topological polar surface area (TPSA) is 95.2 Å². The summed E-state index contributed by atoms with van der Waals surface area (Å²) in [6, 6.07) is 8.31. The molecule has 5 aromatic heterocycles.